The van der Waals surface area contributed by atoms with Gasteiger partial charge < -0.3 is 39.7 Å². The SMILES string of the molecule is C[C@@H]1CC=C2[C@@]13C[C@@H](OC(=O)[C@@H]3O)[C@@H](C)[C@@]2(C)CO[C@@H]1O[C@H](CO)[C@@H](O)[C@H](O)[C@H]1O. The molecule has 2 aliphatic heterocycles. The van der Waals surface area contributed by atoms with Gasteiger partial charge in [0.25, 0.3) is 0 Å². The van der Waals surface area contributed by atoms with Gasteiger partial charge in [-0.05, 0) is 18.8 Å². The molecule has 0 aromatic rings. The lowest BCUT2D eigenvalue weighted by atomic mass is 9.50. The molecule has 1 saturated carbocycles. The highest BCUT2D eigenvalue weighted by Gasteiger charge is 2.66. The third-order valence-electron chi connectivity index (χ3n) is 8.15. The van der Waals surface area contributed by atoms with Gasteiger partial charge in [-0.3, -0.25) is 0 Å². The molecule has 9 nitrogen and oxygen atoms in total. The summed E-state index contributed by atoms with van der Waals surface area (Å²) < 4.78 is 16.9. The van der Waals surface area contributed by atoms with Crippen LogP contribution in [0.1, 0.15) is 33.6 Å². The number of rotatable bonds is 4. The van der Waals surface area contributed by atoms with Crippen molar-refractivity contribution in [3.05, 3.63) is 11.6 Å². The summed E-state index contributed by atoms with van der Waals surface area (Å²) in [6, 6.07) is 0. The molecule has 170 valence electrons. The summed E-state index contributed by atoms with van der Waals surface area (Å²) in [5.41, 5.74) is -0.367. The average Bonchev–Trinajstić information content (AvgIpc) is 3.05. The van der Waals surface area contributed by atoms with Crippen molar-refractivity contribution in [1.82, 2.24) is 0 Å². The van der Waals surface area contributed by atoms with Gasteiger partial charge in [0, 0.05) is 16.7 Å². The van der Waals surface area contributed by atoms with E-state index in [2.05, 4.69) is 6.08 Å². The Bertz CT molecular complexity index is 723. The maximum Gasteiger partial charge on any atom is 0.336 e. The molecule has 4 aliphatic rings. The topological polar surface area (TPSA) is 146 Å². The highest BCUT2D eigenvalue weighted by Crippen LogP contribution is 2.64. The number of aliphatic hydroxyl groups is 5. The summed E-state index contributed by atoms with van der Waals surface area (Å²) >= 11 is 0. The van der Waals surface area contributed by atoms with Crippen LogP contribution in [0.25, 0.3) is 0 Å². The van der Waals surface area contributed by atoms with E-state index in [0.29, 0.717) is 6.42 Å². The molecule has 4 rings (SSSR count). The number of fused-ring (bicyclic) bond motifs is 1. The van der Waals surface area contributed by atoms with E-state index in [0.717, 1.165) is 12.0 Å². The molecule has 3 fully saturated rings. The Balaban J connectivity index is 1.60. The minimum Gasteiger partial charge on any atom is -0.460 e. The first kappa shape index (κ1) is 22.1. The lowest BCUT2D eigenvalue weighted by Crippen LogP contribution is -2.64. The Morgan fingerprint density at radius 1 is 1.17 bits per heavy atom. The van der Waals surface area contributed by atoms with E-state index in [9.17, 15) is 30.3 Å². The standard InChI is InChI=1S/C21H32O9/c1-9-4-5-13-20(3,10(2)11-6-21(9,13)17(26)18(27)29-11)8-28-19-16(25)15(24)14(23)12(7-22)30-19/h5,9-12,14-17,19,22-26H,4,6-8H2,1-3H3/t9-,10-,11-,12-,14-,15+,16-,17+,19-,20-,21-/m1/s1. The molecule has 0 amide bonds. The summed E-state index contributed by atoms with van der Waals surface area (Å²) in [6.45, 7) is 5.53. The quantitative estimate of drug-likeness (QED) is 0.284. The van der Waals surface area contributed by atoms with Crippen LogP contribution in [-0.2, 0) is 19.0 Å². The van der Waals surface area contributed by atoms with E-state index in [1.165, 1.54) is 0 Å². The number of hydrogen-bond acceptors (Lipinski definition) is 9. The smallest absolute Gasteiger partial charge is 0.336 e. The van der Waals surface area contributed by atoms with E-state index < -0.39 is 60.2 Å². The molecule has 2 aliphatic carbocycles. The van der Waals surface area contributed by atoms with Gasteiger partial charge in [-0.2, -0.15) is 0 Å². The first-order valence-electron chi connectivity index (χ1n) is 10.6. The third kappa shape index (κ3) is 2.91. The van der Waals surface area contributed by atoms with Crippen LogP contribution in [0.5, 0.6) is 0 Å². The maximum atomic E-state index is 12.4. The summed E-state index contributed by atoms with van der Waals surface area (Å²) in [4.78, 5) is 12.4. The Morgan fingerprint density at radius 3 is 2.53 bits per heavy atom. The highest BCUT2D eigenvalue weighted by atomic mass is 16.7. The van der Waals surface area contributed by atoms with E-state index in [1.807, 2.05) is 20.8 Å². The van der Waals surface area contributed by atoms with Crippen molar-refractivity contribution >= 4 is 5.97 Å². The van der Waals surface area contributed by atoms with Crippen LogP contribution in [-0.4, -0.2) is 87.6 Å². The first-order chi connectivity index (χ1) is 14.1. The monoisotopic (exact) mass is 428 g/mol. The number of allylic oxidation sites excluding steroid dienone is 1. The van der Waals surface area contributed by atoms with Crippen LogP contribution < -0.4 is 0 Å². The largest absolute Gasteiger partial charge is 0.460 e. The van der Waals surface area contributed by atoms with Crippen molar-refractivity contribution in [2.75, 3.05) is 13.2 Å². The van der Waals surface area contributed by atoms with Crippen molar-refractivity contribution in [3.63, 3.8) is 0 Å². The molecule has 30 heavy (non-hydrogen) atoms. The van der Waals surface area contributed by atoms with Crippen LogP contribution in [0.2, 0.25) is 0 Å². The van der Waals surface area contributed by atoms with E-state index in [4.69, 9.17) is 14.2 Å². The summed E-state index contributed by atoms with van der Waals surface area (Å²) in [7, 11) is 0. The molecule has 2 heterocycles. The van der Waals surface area contributed by atoms with Gasteiger partial charge in [-0.15, -0.1) is 0 Å². The summed E-state index contributed by atoms with van der Waals surface area (Å²) in [5.74, 6) is -0.643. The Hall–Kier alpha value is -1.07. The van der Waals surface area contributed by atoms with Gasteiger partial charge in [-0.25, -0.2) is 4.79 Å². The molecule has 2 saturated heterocycles. The second kappa shape index (κ2) is 7.51. The maximum absolute atomic E-state index is 12.4. The van der Waals surface area contributed by atoms with Crippen LogP contribution in [0.4, 0.5) is 0 Å². The van der Waals surface area contributed by atoms with Gasteiger partial charge in [0.2, 0.25) is 0 Å². The zero-order valence-electron chi connectivity index (χ0n) is 17.5. The second-order valence-electron chi connectivity index (χ2n) is 9.59. The molecular formula is C21H32O9. The minimum absolute atomic E-state index is 0.0666. The molecule has 5 N–H and O–H groups in total. The fraction of sp³-hybridized carbons (Fsp3) is 0.857. The number of aliphatic hydroxyl groups excluding tert-OH is 5. The molecule has 11 atom stereocenters. The lowest BCUT2D eigenvalue weighted by Gasteiger charge is -2.58. The number of ether oxygens (including phenoxy) is 3. The van der Waals surface area contributed by atoms with Gasteiger partial charge in [-0.1, -0.05) is 32.4 Å². The normalized spacial score (nSPS) is 53.1. The highest BCUT2D eigenvalue weighted by molar-refractivity contribution is 5.78. The van der Waals surface area contributed by atoms with Gasteiger partial charge in [0.1, 0.15) is 30.5 Å². The van der Waals surface area contributed by atoms with Gasteiger partial charge in [0.05, 0.1) is 13.2 Å². The van der Waals surface area contributed by atoms with Crippen LogP contribution in [0.15, 0.2) is 11.6 Å². The van der Waals surface area contributed by atoms with Crippen LogP contribution in [0, 0.1) is 22.7 Å². The van der Waals surface area contributed by atoms with Crippen molar-refractivity contribution in [2.45, 2.75) is 76.5 Å². The van der Waals surface area contributed by atoms with E-state index in [1.54, 1.807) is 0 Å². The summed E-state index contributed by atoms with van der Waals surface area (Å²) in [5, 5.41) is 50.5. The van der Waals surface area contributed by atoms with Crippen molar-refractivity contribution in [1.29, 1.82) is 0 Å². The lowest BCUT2D eigenvalue weighted by molar-refractivity contribution is -0.308. The Labute approximate surface area is 175 Å². The van der Waals surface area contributed by atoms with Crippen LogP contribution in [0.3, 0.4) is 0 Å². The van der Waals surface area contributed by atoms with E-state index in [-0.39, 0.29) is 24.5 Å². The van der Waals surface area contributed by atoms with Gasteiger partial charge in [0.15, 0.2) is 12.4 Å². The number of carbonyl (C=O) groups excluding carboxylic acids is 1. The third-order valence-corrected chi connectivity index (χ3v) is 8.15. The second-order valence-corrected chi connectivity index (χ2v) is 9.59. The molecule has 9 heteroatoms. The molecule has 0 unspecified atom stereocenters. The fourth-order valence-electron chi connectivity index (χ4n) is 5.97. The Kier molecular flexibility index (Phi) is 5.54. The summed E-state index contributed by atoms with van der Waals surface area (Å²) in [6.07, 6.45) is -4.99. The molecule has 2 bridgehead atoms. The molecule has 0 aromatic heterocycles. The van der Waals surface area contributed by atoms with Crippen molar-refractivity contribution < 1.29 is 44.5 Å². The van der Waals surface area contributed by atoms with Crippen molar-refractivity contribution in [3.8, 4) is 0 Å². The Morgan fingerprint density at radius 2 is 1.87 bits per heavy atom. The van der Waals surface area contributed by atoms with Gasteiger partial charge >= 0.3 is 5.97 Å². The predicted octanol–water partition coefficient (Wildman–Crippen LogP) is -0.912. The van der Waals surface area contributed by atoms with Crippen molar-refractivity contribution in [2.24, 2.45) is 22.7 Å². The molecule has 0 radical (unpaired) electrons. The number of esters is 1. The van der Waals surface area contributed by atoms with E-state index >= 15 is 0 Å². The zero-order chi connectivity index (χ0) is 22.0. The zero-order valence-corrected chi connectivity index (χ0v) is 17.5. The fourth-order valence-corrected chi connectivity index (χ4v) is 5.97. The minimum atomic E-state index is -1.52. The average molecular weight is 428 g/mol. The number of hydrogen-bond donors (Lipinski definition) is 5. The molecule has 0 aromatic carbocycles. The predicted molar refractivity (Wildman–Crippen MR) is 102 cm³/mol. The van der Waals surface area contributed by atoms with Crippen LogP contribution >= 0.6 is 0 Å². The molecule has 1 spiro atoms. The molecular weight excluding hydrogens is 396 g/mol. The first-order valence-corrected chi connectivity index (χ1v) is 10.6. The number of carbonyl (C=O) groups is 1.